The van der Waals surface area contributed by atoms with Crippen LogP contribution in [0, 0.1) is 0 Å². The van der Waals surface area contributed by atoms with E-state index in [0.717, 1.165) is 48.7 Å². The summed E-state index contributed by atoms with van der Waals surface area (Å²) in [5, 5.41) is 4.49. The topological polar surface area (TPSA) is 41.1 Å². The molecule has 1 aromatic heterocycles. The van der Waals surface area contributed by atoms with E-state index in [1.807, 2.05) is 17.8 Å². The van der Waals surface area contributed by atoms with E-state index in [2.05, 4.69) is 40.3 Å². The van der Waals surface area contributed by atoms with E-state index in [9.17, 15) is 0 Å². The first kappa shape index (κ1) is 14.4. The summed E-state index contributed by atoms with van der Waals surface area (Å²) in [6, 6.07) is 8.32. The standard InChI is InChI=1S/C16H22N4S/c1-2-8-17-16-18-14-7-4-3-6-13(14)15(19-16)20-9-5-11-21-12-10-20/h3-4,6-7H,2,5,8-12H2,1H3,(H,17,18,19). The smallest absolute Gasteiger partial charge is 0.225 e. The lowest BCUT2D eigenvalue weighted by Crippen LogP contribution is -2.27. The highest BCUT2D eigenvalue weighted by atomic mass is 32.2. The van der Waals surface area contributed by atoms with Gasteiger partial charge in [0.25, 0.3) is 0 Å². The second-order valence-electron chi connectivity index (χ2n) is 5.27. The van der Waals surface area contributed by atoms with Gasteiger partial charge in [-0.3, -0.25) is 0 Å². The molecular formula is C16H22N4S. The molecule has 0 unspecified atom stereocenters. The van der Waals surface area contributed by atoms with Gasteiger partial charge in [0, 0.05) is 30.8 Å². The number of para-hydroxylation sites is 1. The Labute approximate surface area is 130 Å². The summed E-state index contributed by atoms with van der Waals surface area (Å²) in [7, 11) is 0. The number of hydrogen-bond acceptors (Lipinski definition) is 5. The Bertz CT molecular complexity index is 594. The fourth-order valence-corrected chi connectivity index (χ4v) is 3.46. The molecule has 1 fully saturated rings. The molecule has 1 aliphatic heterocycles. The number of anilines is 2. The first-order chi connectivity index (χ1) is 10.4. The second-order valence-corrected chi connectivity index (χ2v) is 6.49. The van der Waals surface area contributed by atoms with Crippen molar-refractivity contribution >= 4 is 34.4 Å². The van der Waals surface area contributed by atoms with Crippen LogP contribution in [0.3, 0.4) is 0 Å². The molecule has 0 atom stereocenters. The van der Waals surface area contributed by atoms with E-state index in [0.29, 0.717) is 0 Å². The fourth-order valence-electron chi connectivity index (χ4n) is 2.57. The molecule has 2 heterocycles. The van der Waals surface area contributed by atoms with E-state index < -0.39 is 0 Å². The number of thioether (sulfide) groups is 1. The van der Waals surface area contributed by atoms with Gasteiger partial charge in [-0.05, 0) is 30.7 Å². The summed E-state index contributed by atoms with van der Waals surface area (Å²) < 4.78 is 0. The van der Waals surface area contributed by atoms with Gasteiger partial charge in [-0.25, -0.2) is 4.98 Å². The molecule has 1 aliphatic rings. The van der Waals surface area contributed by atoms with Gasteiger partial charge in [-0.15, -0.1) is 0 Å². The lowest BCUT2D eigenvalue weighted by molar-refractivity contribution is 0.803. The number of nitrogens with one attached hydrogen (secondary N) is 1. The van der Waals surface area contributed by atoms with Gasteiger partial charge < -0.3 is 10.2 Å². The maximum absolute atomic E-state index is 4.80. The molecule has 21 heavy (non-hydrogen) atoms. The van der Waals surface area contributed by atoms with Crippen LogP contribution in [-0.4, -0.2) is 41.1 Å². The molecule has 0 radical (unpaired) electrons. The Kier molecular flexibility index (Phi) is 4.80. The molecule has 5 heteroatoms. The van der Waals surface area contributed by atoms with E-state index in [1.165, 1.54) is 17.9 Å². The molecule has 0 aliphatic carbocycles. The summed E-state index contributed by atoms with van der Waals surface area (Å²) >= 11 is 2.04. The van der Waals surface area contributed by atoms with Crippen LogP contribution in [0.1, 0.15) is 19.8 Å². The Morgan fingerprint density at radius 1 is 1.19 bits per heavy atom. The quantitative estimate of drug-likeness (QED) is 0.937. The van der Waals surface area contributed by atoms with Crippen molar-refractivity contribution < 1.29 is 0 Å². The molecule has 4 nitrogen and oxygen atoms in total. The van der Waals surface area contributed by atoms with Crippen LogP contribution in [0.5, 0.6) is 0 Å². The molecule has 3 rings (SSSR count). The summed E-state index contributed by atoms with van der Waals surface area (Å²) in [6.45, 7) is 5.22. The van der Waals surface area contributed by atoms with Crippen LogP contribution < -0.4 is 10.2 Å². The lowest BCUT2D eigenvalue weighted by atomic mass is 10.2. The average Bonchev–Trinajstić information content (AvgIpc) is 2.81. The average molecular weight is 302 g/mol. The largest absolute Gasteiger partial charge is 0.355 e. The number of aromatic nitrogens is 2. The van der Waals surface area contributed by atoms with Crippen molar-refractivity contribution in [3.63, 3.8) is 0 Å². The second kappa shape index (κ2) is 6.98. The Morgan fingerprint density at radius 2 is 2.10 bits per heavy atom. The predicted octanol–water partition coefficient (Wildman–Crippen LogP) is 3.40. The van der Waals surface area contributed by atoms with Gasteiger partial charge in [0.05, 0.1) is 5.52 Å². The molecule has 0 amide bonds. The molecule has 1 N–H and O–H groups in total. The molecule has 0 saturated carbocycles. The SMILES string of the molecule is CCCNc1nc(N2CCCSCC2)c2ccccc2n1. The van der Waals surface area contributed by atoms with Crippen molar-refractivity contribution in [2.75, 3.05) is 41.4 Å². The summed E-state index contributed by atoms with van der Waals surface area (Å²) in [5.74, 6) is 4.26. The molecule has 1 saturated heterocycles. The van der Waals surface area contributed by atoms with Crippen LogP contribution in [-0.2, 0) is 0 Å². The third-order valence-corrected chi connectivity index (χ3v) is 4.69. The highest BCUT2D eigenvalue weighted by Gasteiger charge is 2.16. The normalized spacial score (nSPS) is 16.0. The van der Waals surface area contributed by atoms with Crippen LogP contribution in [0.15, 0.2) is 24.3 Å². The van der Waals surface area contributed by atoms with Crippen LogP contribution in [0.25, 0.3) is 10.9 Å². The zero-order valence-electron chi connectivity index (χ0n) is 12.5. The monoisotopic (exact) mass is 302 g/mol. The highest BCUT2D eigenvalue weighted by molar-refractivity contribution is 7.99. The molecule has 1 aromatic carbocycles. The van der Waals surface area contributed by atoms with E-state index in [4.69, 9.17) is 4.98 Å². The Morgan fingerprint density at radius 3 is 3.00 bits per heavy atom. The van der Waals surface area contributed by atoms with Crippen LogP contribution >= 0.6 is 11.8 Å². The van der Waals surface area contributed by atoms with Gasteiger partial charge in [-0.1, -0.05) is 19.1 Å². The van der Waals surface area contributed by atoms with Crippen molar-refractivity contribution in [2.45, 2.75) is 19.8 Å². The fraction of sp³-hybridized carbons (Fsp3) is 0.500. The summed E-state index contributed by atoms with van der Waals surface area (Å²) in [5.41, 5.74) is 1.03. The van der Waals surface area contributed by atoms with Crippen molar-refractivity contribution in [2.24, 2.45) is 0 Å². The Balaban J connectivity index is 2.00. The first-order valence-corrected chi connectivity index (χ1v) is 8.87. The van der Waals surface area contributed by atoms with E-state index in [1.54, 1.807) is 0 Å². The third-order valence-electron chi connectivity index (χ3n) is 3.64. The zero-order chi connectivity index (χ0) is 14.5. The number of hydrogen-bond donors (Lipinski definition) is 1. The van der Waals surface area contributed by atoms with Gasteiger partial charge >= 0.3 is 0 Å². The number of rotatable bonds is 4. The maximum atomic E-state index is 4.80. The number of nitrogens with zero attached hydrogens (tertiary/aromatic N) is 3. The summed E-state index contributed by atoms with van der Waals surface area (Å²) in [4.78, 5) is 11.9. The minimum Gasteiger partial charge on any atom is -0.355 e. The van der Waals surface area contributed by atoms with Gasteiger partial charge in [-0.2, -0.15) is 16.7 Å². The van der Waals surface area contributed by atoms with E-state index in [-0.39, 0.29) is 0 Å². The molecule has 2 aromatic rings. The third kappa shape index (κ3) is 3.40. The van der Waals surface area contributed by atoms with Crippen molar-refractivity contribution in [3.05, 3.63) is 24.3 Å². The van der Waals surface area contributed by atoms with Crippen molar-refractivity contribution in [1.82, 2.24) is 9.97 Å². The van der Waals surface area contributed by atoms with E-state index >= 15 is 0 Å². The maximum Gasteiger partial charge on any atom is 0.225 e. The van der Waals surface area contributed by atoms with Crippen molar-refractivity contribution in [1.29, 1.82) is 0 Å². The molecule has 0 spiro atoms. The zero-order valence-corrected chi connectivity index (χ0v) is 13.3. The number of benzene rings is 1. The van der Waals surface area contributed by atoms with Crippen molar-refractivity contribution in [3.8, 4) is 0 Å². The first-order valence-electron chi connectivity index (χ1n) is 7.72. The van der Waals surface area contributed by atoms with Crippen LogP contribution in [0.4, 0.5) is 11.8 Å². The van der Waals surface area contributed by atoms with Crippen LogP contribution in [0.2, 0.25) is 0 Å². The Hall–Kier alpha value is -1.49. The summed E-state index contributed by atoms with van der Waals surface area (Å²) in [6.07, 6.45) is 2.30. The van der Waals surface area contributed by atoms with Gasteiger partial charge in [0.2, 0.25) is 5.95 Å². The molecule has 0 bridgehead atoms. The minimum absolute atomic E-state index is 0.752. The highest BCUT2D eigenvalue weighted by Crippen LogP contribution is 2.27. The molecule has 112 valence electrons. The minimum atomic E-state index is 0.752. The van der Waals surface area contributed by atoms with Gasteiger partial charge in [0.1, 0.15) is 5.82 Å². The number of fused-ring (bicyclic) bond motifs is 1. The lowest BCUT2D eigenvalue weighted by Gasteiger charge is -2.23. The molecular weight excluding hydrogens is 280 g/mol. The predicted molar refractivity (Wildman–Crippen MR) is 92.5 cm³/mol. The van der Waals surface area contributed by atoms with Gasteiger partial charge in [0.15, 0.2) is 0 Å².